The second-order valence-electron chi connectivity index (χ2n) is 6.36. The number of hydrogen-bond acceptors (Lipinski definition) is 3. The first kappa shape index (κ1) is 19.4. The van der Waals surface area contributed by atoms with Gasteiger partial charge in [-0.2, -0.15) is 0 Å². The molecule has 8 heteroatoms. The van der Waals surface area contributed by atoms with Crippen LogP contribution in [0, 0.1) is 6.92 Å². The molecule has 1 amide bonds. The molecule has 7 nitrogen and oxygen atoms in total. The second kappa shape index (κ2) is 8.14. The third-order valence-electron chi connectivity index (χ3n) is 4.16. The van der Waals surface area contributed by atoms with Crippen molar-refractivity contribution in [3.05, 3.63) is 86.8 Å². The Labute approximate surface area is 165 Å². The molecule has 3 aromatic rings. The number of rotatable bonds is 6. The summed E-state index contributed by atoms with van der Waals surface area (Å²) >= 11 is 5.95. The molecule has 3 rings (SSSR count). The van der Waals surface area contributed by atoms with Crippen LogP contribution in [0.1, 0.15) is 34.1 Å². The lowest BCUT2D eigenvalue weighted by Crippen LogP contribution is -2.30. The predicted octanol–water partition coefficient (Wildman–Crippen LogP) is 3.07. The third kappa shape index (κ3) is 4.50. The van der Waals surface area contributed by atoms with Gasteiger partial charge in [-0.25, -0.2) is 4.68 Å². The number of benzene rings is 2. The lowest BCUT2D eigenvalue weighted by molar-refractivity contribution is -0.137. The molecular formula is C20H18ClN3O4. The van der Waals surface area contributed by atoms with E-state index in [2.05, 4.69) is 10.4 Å². The van der Waals surface area contributed by atoms with E-state index >= 15 is 0 Å². The highest BCUT2D eigenvalue weighted by atomic mass is 35.5. The predicted molar refractivity (Wildman–Crippen MR) is 105 cm³/mol. The highest BCUT2D eigenvalue weighted by Crippen LogP contribution is 2.19. The smallest absolute Gasteiger partial charge is 0.305 e. The van der Waals surface area contributed by atoms with Gasteiger partial charge in [0.25, 0.3) is 11.5 Å². The van der Waals surface area contributed by atoms with Crippen LogP contribution < -0.4 is 10.9 Å². The molecule has 0 aliphatic rings. The number of nitrogens with one attached hydrogen (secondary N) is 2. The quantitative estimate of drug-likeness (QED) is 0.592. The molecule has 144 valence electrons. The minimum Gasteiger partial charge on any atom is -0.481 e. The number of halogens is 1. The van der Waals surface area contributed by atoms with Gasteiger partial charge in [-0.3, -0.25) is 19.5 Å². The number of nitrogens with zero attached hydrogens (tertiary/aromatic N) is 1. The molecule has 0 spiro atoms. The van der Waals surface area contributed by atoms with Crippen molar-refractivity contribution in [2.24, 2.45) is 0 Å². The van der Waals surface area contributed by atoms with Crippen LogP contribution in [0.5, 0.6) is 0 Å². The summed E-state index contributed by atoms with van der Waals surface area (Å²) in [4.78, 5) is 36.1. The summed E-state index contributed by atoms with van der Waals surface area (Å²) in [5.41, 5.74) is 1.69. The topological polar surface area (TPSA) is 104 Å². The molecule has 3 N–H and O–H groups in total. The Morgan fingerprint density at radius 1 is 1.18 bits per heavy atom. The maximum Gasteiger partial charge on any atom is 0.305 e. The molecule has 0 saturated heterocycles. The number of carboxylic acids is 1. The number of carboxylic acid groups (broad SMARTS) is 1. The molecule has 1 heterocycles. The summed E-state index contributed by atoms with van der Waals surface area (Å²) in [6, 6.07) is 14.3. The Kier molecular flexibility index (Phi) is 5.65. The Morgan fingerprint density at radius 3 is 2.61 bits per heavy atom. The van der Waals surface area contributed by atoms with Crippen molar-refractivity contribution in [2.75, 3.05) is 0 Å². The molecule has 0 bridgehead atoms. The van der Waals surface area contributed by atoms with Gasteiger partial charge in [0, 0.05) is 11.1 Å². The van der Waals surface area contributed by atoms with Gasteiger partial charge in [0.05, 0.1) is 18.2 Å². The average Bonchev–Trinajstić information content (AvgIpc) is 3.03. The number of aliphatic carboxylic acids is 1. The molecule has 2 aromatic carbocycles. The molecule has 1 aromatic heterocycles. The fourth-order valence-electron chi connectivity index (χ4n) is 2.87. The second-order valence-corrected chi connectivity index (χ2v) is 6.80. The summed E-state index contributed by atoms with van der Waals surface area (Å²) in [5, 5.41) is 15.1. The highest BCUT2D eigenvalue weighted by Gasteiger charge is 2.21. The molecular weight excluding hydrogens is 382 g/mol. The number of aryl methyl sites for hydroxylation is 1. The summed E-state index contributed by atoms with van der Waals surface area (Å²) in [5.74, 6) is -1.62. The lowest BCUT2D eigenvalue weighted by Gasteiger charge is -2.17. The fourth-order valence-corrected chi connectivity index (χ4v) is 3.05. The Bertz CT molecular complexity index is 1090. The summed E-state index contributed by atoms with van der Waals surface area (Å²) < 4.78 is 1.19. The molecule has 0 aliphatic heterocycles. The third-order valence-corrected chi connectivity index (χ3v) is 4.40. The van der Waals surface area contributed by atoms with Crippen LogP contribution in [-0.2, 0) is 4.79 Å². The number of aromatic nitrogens is 2. The van der Waals surface area contributed by atoms with Gasteiger partial charge in [0.1, 0.15) is 5.69 Å². The number of aromatic amines is 1. The van der Waals surface area contributed by atoms with Crippen LogP contribution in [0.25, 0.3) is 5.69 Å². The zero-order valence-corrected chi connectivity index (χ0v) is 15.7. The van der Waals surface area contributed by atoms with Crippen LogP contribution in [0.2, 0.25) is 5.02 Å². The van der Waals surface area contributed by atoms with Crippen LogP contribution >= 0.6 is 11.6 Å². The fraction of sp³-hybridized carbons (Fsp3) is 0.150. The molecule has 0 radical (unpaired) electrons. The van der Waals surface area contributed by atoms with Crippen LogP contribution in [0.3, 0.4) is 0 Å². The maximum absolute atomic E-state index is 12.6. The number of carbonyl (C=O) groups excluding carboxylic acids is 1. The van der Waals surface area contributed by atoms with Gasteiger partial charge >= 0.3 is 5.97 Å². The van der Waals surface area contributed by atoms with Gasteiger partial charge in [0.15, 0.2) is 0 Å². The molecule has 0 saturated carbocycles. The van der Waals surface area contributed by atoms with Crippen LogP contribution in [-0.4, -0.2) is 26.8 Å². The summed E-state index contributed by atoms with van der Waals surface area (Å²) in [6.07, 6.45) is -0.283. The number of H-pyrrole nitrogens is 1. The summed E-state index contributed by atoms with van der Waals surface area (Å²) in [6.45, 7) is 1.88. The van der Waals surface area contributed by atoms with Crippen molar-refractivity contribution in [2.45, 2.75) is 19.4 Å². The van der Waals surface area contributed by atoms with Crippen LogP contribution in [0.15, 0.2) is 59.4 Å². The first-order chi connectivity index (χ1) is 13.3. The Balaban J connectivity index is 1.87. The minimum atomic E-state index is -1.04. The van der Waals surface area contributed by atoms with Crippen LogP contribution in [0.4, 0.5) is 0 Å². The van der Waals surface area contributed by atoms with E-state index in [0.717, 1.165) is 11.6 Å². The molecule has 0 unspecified atom stereocenters. The highest BCUT2D eigenvalue weighted by molar-refractivity contribution is 6.30. The largest absolute Gasteiger partial charge is 0.481 e. The van der Waals surface area contributed by atoms with E-state index in [0.29, 0.717) is 16.3 Å². The van der Waals surface area contributed by atoms with Gasteiger partial charge in [0.2, 0.25) is 0 Å². The van der Waals surface area contributed by atoms with E-state index in [1.54, 1.807) is 36.4 Å². The normalized spacial score (nSPS) is 11.8. The van der Waals surface area contributed by atoms with E-state index < -0.39 is 23.5 Å². The molecule has 0 aliphatic carbocycles. The standard InChI is InChI=1S/C20H18ClN3O4/c1-12-4-2-5-13(8-12)16(11-19(26)27)22-20(28)17-10-18(25)24(23-17)15-7-3-6-14(21)9-15/h2-10,16,23H,11H2,1H3,(H,22,28)(H,26,27)/t16-/m0/s1. The van der Waals surface area contributed by atoms with E-state index in [4.69, 9.17) is 11.6 Å². The molecule has 28 heavy (non-hydrogen) atoms. The zero-order valence-electron chi connectivity index (χ0n) is 15.0. The van der Waals surface area contributed by atoms with E-state index in [1.807, 2.05) is 19.1 Å². The van der Waals surface area contributed by atoms with Crippen molar-refractivity contribution in [3.63, 3.8) is 0 Å². The monoisotopic (exact) mass is 399 g/mol. The van der Waals surface area contributed by atoms with E-state index in [9.17, 15) is 19.5 Å². The first-order valence-corrected chi connectivity index (χ1v) is 8.88. The number of amides is 1. The van der Waals surface area contributed by atoms with Crippen molar-refractivity contribution in [1.29, 1.82) is 0 Å². The van der Waals surface area contributed by atoms with Gasteiger partial charge in [-0.15, -0.1) is 0 Å². The van der Waals surface area contributed by atoms with Gasteiger partial charge in [-0.05, 0) is 30.7 Å². The maximum atomic E-state index is 12.6. The number of hydrogen-bond donors (Lipinski definition) is 3. The van der Waals surface area contributed by atoms with Crippen molar-refractivity contribution < 1.29 is 14.7 Å². The van der Waals surface area contributed by atoms with Crippen molar-refractivity contribution >= 4 is 23.5 Å². The SMILES string of the molecule is Cc1cccc([C@H](CC(=O)O)NC(=O)c2cc(=O)n(-c3cccc(Cl)c3)[nH]2)c1. The Hall–Kier alpha value is -3.32. The lowest BCUT2D eigenvalue weighted by atomic mass is 10.0. The average molecular weight is 400 g/mol. The van der Waals surface area contributed by atoms with Gasteiger partial charge < -0.3 is 10.4 Å². The van der Waals surface area contributed by atoms with Crippen molar-refractivity contribution in [3.8, 4) is 5.69 Å². The molecule has 0 fully saturated rings. The van der Waals surface area contributed by atoms with Gasteiger partial charge in [-0.1, -0.05) is 47.5 Å². The first-order valence-electron chi connectivity index (χ1n) is 8.51. The molecule has 1 atom stereocenters. The zero-order chi connectivity index (χ0) is 20.3. The Morgan fingerprint density at radius 2 is 1.93 bits per heavy atom. The van der Waals surface area contributed by atoms with E-state index in [1.165, 1.54) is 4.68 Å². The van der Waals surface area contributed by atoms with E-state index in [-0.39, 0.29) is 12.1 Å². The summed E-state index contributed by atoms with van der Waals surface area (Å²) in [7, 11) is 0. The van der Waals surface area contributed by atoms with Crippen molar-refractivity contribution in [1.82, 2.24) is 15.1 Å². The minimum absolute atomic E-state index is 0.0213. The number of carbonyl (C=O) groups is 2.